The zero-order valence-electron chi connectivity index (χ0n) is 20.3. The molecule has 0 bridgehead atoms. The summed E-state index contributed by atoms with van der Waals surface area (Å²) in [7, 11) is 0. The van der Waals surface area contributed by atoms with Crippen molar-refractivity contribution < 1.29 is 29.0 Å². The van der Waals surface area contributed by atoms with Gasteiger partial charge >= 0.3 is 12.1 Å². The van der Waals surface area contributed by atoms with E-state index in [1.807, 2.05) is 20.8 Å². The number of nitrogens with one attached hydrogen (secondary N) is 3. The first-order chi connectivity index (χ1) is 14.0. The average molecular weight is 444 g/mol. The summed E-state index contributed by atoms with van der Waals surface area (Å²) in [4.78, 5) is 47.9. The molecule has 0 aliphatic heterocycles. The summed E-state index contributed by atoms with van der Waals surface area (Å²) < 4.78 is 5.20. The molecule has 180 valence electrons. The van der Waals surface area contributed by atoms with Crippen molar-refractivity contribution in [3.8, 4) is 0 Å². The average Bonchev–Trinajstić information content (AvgIpc) is 2.57. The van der Waals surface area contributed by atoms with Gasteiger partial charge in [-0.15, -0.1) is 0 Å². The van der Waals surface area contributed by atoms with E-state index in [0.29, 0.717) is 19.4 Å². The third-order valence-corrected chi connectivity index (χ3v) is 4.78. The molecular formula is C22H41N3O6. The molecule has 0 aromatic heterocycles. The van der Waals surface area contributed by atoms with Crippen LogP contribution in [0.4, 0.5) is 4.79 Å². The molecule has 31 heavy (non-hydrogen) atoms. The van der Waals surface area contributed by atoms with Gasteiger partial charge in [-0.1, -0.05) is 20.8 Å². The molecule has 0 saturated heterocycles. The van der Waals surface area contributed by atoms with Gasteiger partial charge in [-0.3, -0.25) is 14.4 Å². The van der Waals surface area contributed by atoms with Crippen molar-refractivity contribution in [3.63, 3.8) is 0 Å². The number of carbonyl (C=O) groups is 4. The normalized spacial score (nSPS) is 13.8. The number of ether oxygens (including phenoxy) is 1. The Bertz CT molecular complexity index is 625. The number of carbonyl (C=O) groups excluding carboxylic acids is 3. The van der Waals surface area contributed by atoms with Crippen LogP contribution >= 0.6 is 0 Å². The third kappa shape index (κ3) is 12.9. The Kier molecular flexibility index (Phi) is 11.6. The maximum atomic E-state index is 12.8. The van der Waals surface area contributed by atoms with Crippen LogP contribution in [-0.2, 0) is 19.1 Å². The van der Waals surface area contributed by atoms with E-state index in [0.717, 1.165) is 0 Å². The van der Waals surface area contributed by atoms with Gasteiger partial charge in [-0.25, -0.2) is 4.79 Å². The molecule has 0 saturated carbocycles. The van der Waals surface area contributed by atoms with E-state index < -0.39 is 29.1 Å². The smallest absolute Gasteiger partial charge is 0.407 e. The molecule has 0 aliphatic carbocycles. The summed E-state index contributed by atoms with van der Waals surface area (Å²) in [5.41, 5.74) is -1.77. The highest BCUT2D eigenvalue weighted by atomic mass is 16.6. The predicted octanol–water partition coefficient (Wildman–Crippen LogP) is 2.69. The van der Waals surface area contributed by atoms with E-state index >= 15 is 0 Å². The Hall–Kier alpha value is -2.32. The second-order valence-corrected chi connectivity index (χ2v) is 9.93. The van der Waals surface area contributed by atoms with Crippen molar-refractivity contribution >= 4 is 23.9 Å². The minimum Gasteiger partial charge on any atom is -0.481 e. The molecule has 0 fully saturated rings. The van der Waals surface area contributed by atoms with E-state index in [-0.39, 0.29) is 36.6 Å². The fourth-order valence-corrected chi connectivity index (χ4v) is 2.76. The third-order valence-electron chi connectivity index (χ3n) is 4.78. The first-order valence-corrected chi connectivity index (χ1v) is 10.8. The van der Waals surface area contributed by atoms with Gasteiger partial charge in [-0.05, 0) is 59.3 Å². The molecule has 1 unspecified atom stereocenters. The van der Waals surface area contributed by atoms with Gasteiger partial charge in [0.15, 0.2) is 0 Å². The van der Waals surface area contributed by atoms with E-state index in [2.05, 4.69) is 16.0 Å². The van der Waals surface area contributed by atoms with Crippen LogP contribution in [0.2, 0.25) is 0 Å². The summed E-state index contributed by atoms with van der Waals surface area (Å²) in [6.07, 6.45) is 0.702. The van der Waals surface area contributed by atoms with Gasteiger partial charge in [-0.2, -0.15) is 0 Å². The summed E-state index contributed by atoms with van der Waals surface area (Å²) in [5.74, 6) is -1.92. The Balaban J connectivity index is 4.70. The Morgan fingerprint density at radius 3 is 2.00 bits per heavy atom. The van der Waals surface area contributed by atoms with Crippen molar-refractivity contribution in [1.82, 2.24) is 16.0 Å². The molecule has 0 radical (unpaired) electrons. The van der Waals surface area contributed by atoms with Crippen LogP contribution in [0.25, 0.3) is 0 Å². The molecule has 0 heterocycles. The van der Waals surface area contributed by atoms with Crippen molar-refractivity contribution in [2.45, 2.75) is 85.8 Å². The monoisotopic (exact) mass is 443 g/mol. The second kappa shape index (κ2) is 12.5. The number of aliphatic carboxylic acids is 1. The van der Waals surface area contributed by atoms with E-state index in [9.17, 15) is 19.2 Å². The molecule has 0 aromatic carbocycles. The summed E-state index contributed by atoms with van der Waals surface area (Å²) in [6.45, 7) is 14.7. The van der Waals surface area contributed by atoms with Crippen LogP contribution in [0.1, 0.15) is 74.7 Å². The first kappa shape index (κ1) is 28.7. The van der Waals surface area contributed by atoms with E-state index in [4.69, 9.17) is 9.84 Å². The lowest BCUT2D eigenvalue weighted by atomic mass is 9.93. The highest BCUT2D eigenvalue weighted by Crippen LogP contribution is 2.14. The van der Waals surface area contributed by atoms with Gasteiger partial charge < -0.3 is 25.8 Å². The lowest BCUT2D eigenvalue weighted by molar-refractivity contribution is -0.137. The van der Waals surface area contributed by atoms with Crippen molar-refractivity contribution in [3.05, 3.63) is 0 Å². The molecule has 4 N–H and O–H groups in total. The molecular weight excluding hydrogens is 402 g/mol. The van der Waals surface area contributed by atoms with Gasteiger partial charge in [0, 0.05) is 19.5 Å². The highest BCUT2D eigenvalue weighted by molar-refractivity contribution is 5.91. The van der Waals surface area contributed by atoms with Crippen LogP contribution in [0.5, 0.6) is 0 Å². The van der Waals surface area contributed by atoms with Gasteiger partial charge in [0.05, 0.1) is 5.92 Å². The summed E-state index contributed by atoms with van der Waals surface area (Å²) in [5, 5.41) is 16.9. The highest BCUT2D eigenvalue weighted by Gasteiger charge is 2.33. The number of amides is 3. The molecule has 0 rings (SSSR count). The Morgan fingerprint density at radius 2 is 1.52 bits per heavy atom. The predicted molar refractivity (Wildman–Crippen MR) is 118 cm³/mol. The fraction of sp³-hybridized carbons (Fsp3) is 0.818. The van der Waals surface area contributed by atoms with Crippen molar-refractivity contribution in [1.29, 1.82) is 0 Å². The van der Waals surface area contributed by atoms with Gasteiger partial charge in [0.25, 0.3) is 0 Å². The van der Waals surface area contributed by atoms with Crippen molar-refractivity contribution in [2.75, 3.05) is 13.1 Å². The quantitative estimate of drug-likeness (QED) is 0.366. The minimum atomic E-state index is -1.14. The lowest BCUT2D eigenvalue weighted by Crippen LogP contribution is -2.57. The maximum absolute atomic E-state index is 12.8. The van der Waals surface area contributed by atoms with Gasteiger partial charge in [0.1, 0.15) is 11.1 Å². The number of rotatable bonds is 12. The maximum Gasteiger partial charge on any atom is 0.407 e. The van der Waals surface area contributed by atoms with Crippen LogP contribution in [0.3, 0.4) is 0 Å². The van der Waals surface area contributed by atoms with E-state index in [1.165, 1.54) is 0 Å². The molecule has 0 spiro atoms. The Labute approximate surface area is 186 Å². The molecule has 0 aromatic rings. The van der Waals surface area contributed by atoms with Crippen LogP contribution in [-0.4, -0.2) is 53.2 Å². The van der Waals surface area contributed by atoms with Gasteiger partial charge in [0.2, 0.25) is 11.8 Å². The minimum absolute atomic E-state index is 0.0658. The van der Waals surface area contributed by atoms with Crippen molar-refractivity contribution in [2.24, 2.45) is 17.8 Å². The first-order valence-electron chi connectivity index (χ1n) is 10.8. The van der Waals surface area contributed by atoms with E-state index in [1.54, 1.807) is 34.6 Å². The zero-order chi connectivity index (χ0) is 24.4. The molecule has 9 nitrogen and oxygen atoms in total. The summed E-state index contributed by atoms with van der Waals surface area (Å²) >= 11 is 0. The number of carboxylic acid groups (broad SMARTS) is 1. The number of hydrogen-bond donors (Lipinski definition) is 4. The molecule has 2 atom stereocenters. The molecule has 3 amide bonds. The summed E-state index contributed by atoms with van der Waals surface area (Å²) in [6, 6.07) is 0. The topological polar surface area (TPSA) is 134 Å². The second-order valence-electron chi connectivity index (χ2n) is 9.93. The largest absolute Gasteiger partial charge is 0.481 e. The van der Waals surface area contributed by atoms with Crippen LogP contribution in [0, 0.1) is 17.8 Å². The zero-order valence-corrected chi connectivity index (χ0v) is 20.3. The molecule has 9 heteroatoms. The standard InChI is InChI=1S/C22H41N3O6/c1-14(2)16(13-24-20(30)31-21(4,5)6)18(28)25-22(7,8)19(29)23-12-11-15(3)9-10-17(26)27/h14-16H,9-13H2,1-8H3,(H,23,29)(H,24,30)(H,25,28)(H,26,27)/t15?,16-/m0/s1. The number of carboxylic acids is 1. The Morgan fingerprint density at radius 1 is 0.935 bits per heavy atom. The lowest BCUT2D eigenvalue weighted by Gasteiger charge is -2.29. The SMILES string of the molecule is CC(CCNC(=O)C(C)(C)NC(=O)[C@@H](CNC(=O)OC(C)(C)C)C(C)C)CCC(=O)O. The number of alkyl carbamates (subject to hydrolysis) is 1. The van der Waals surface area contributed by atoms with Crippen LogP contribution < -0.4 is 16.0 Å². The number of hydrogen-bond acceptors (Lipinski definition) is 5. The van der Waals surface area contributed by atoms with Crippen LogP contribution in [0.15, 0.2) is 0 Å². The molecule has 0 aliphatic rings. The fourth-order valence-electron chi connectivity index (χ4n) is 2.76.